The molecule has 0 radical (unpaired) electrons. The number of ether oxygens (including phenoxy) is 2. The summed E-state index contributed by atoms with van der Waals surface area (Å²) in [5.41, 5.74) is -5.11. The van der Waals surface area contributed by atoms with Crippen molar-refractivity contribution >= 4 is 0 Å². The highest BCUT2D eigenvalue weighted by molar-refractivity contribution is 5.13. The Morgan fingerprint density at radius 3 is 2.05 bits per heavy atom. The molecule has 0 aromatic rings. The van der Waals surface area contributed by atoms with E-state index in [1.807, 2.05) is 0 Å². The first-order valence-electron chi connectivity index (χ1n) is 6.87. The Hall–Kier alpha value is -0.400. The summed E-state index contributed by atoms with van der Waals surface area (Å²) in [4.78, 5) is 0. The van der Waals surface area contributed by atoms with Crippen molar-refractivity contribution in [2.45, 2.75) is 54.4 Å². The third kappa shape index (κ3) is 2.55. The maximum absolute atomic E-state index is 10.6. The molecule has 0 aromatic heterocycles. The molecule has 8 atom stereocenters. The van der Waals surface area contributed by atoms with E-state index in [4.69, 9.17) is 19.7 Å². The molecule has 0 aromatic carbocycles. The Kier molecular flexibility index (Phi) is 5.09. The van der Waals surface area contributed by atoms with E-state index in [-0.39, 0.29) is 0 Å². The van der Waals surface area contributed by atoms with Gasteiger partial charge >= 0.3 is 0 Å². The van der Waals surface area contributed by atoms with Gasteiger partial charge in [0.05, 0.1) is 25.9 Å². The third-order valence-electron chi connectivity index (χ3n) is 4.48. The average Bonchev–Trinajstić information content (AvgIpc) is 2.48. The first kappa shape index (κ1) is 17.9. The minimum atomic E-state index is -2.56. The van der Waals surface area contributed by atoms with E-state index < -0.39 is 74.3 Å². The van der Waals surface area contributed by atoms with Crippen LogP contribution < -0.4 is 0 Å². The van der Waals surface area contributed by atoms with Crippen molar-refractivity contribution in [2.75, 3.05) is 19.8 Å². The summed E-state index contributed by atoms with van der Waals surface area (Å²) < 4.78 is 9.88. The second-order valence-electron chi connectivity index (χ2n) is 5.80. The number of aliphatic hydroxyl groups excluding tert-OH is 6. The molecule has 2 heterocycles. The summed E-state index contributed by atoms with van der Waals surface area (Å²) in [6, 6.07) is 0. The molecule has 0 aliphatic carbocycles. The smallest absolute Gasteiger partial charge is 0.187 e. The van der Waals surface area contributed by atoms with Crippen LogP contribution in [-0.2, 0) is 9.47 Å². The van der Waals surface area contributed by atoms with Gasteiger partial charge in [0.25, 0.3) is 0 Å². The Morgan fingerprint density at radius 2 is 1.50 bits per heavy atom. The summed E-state index contributed by atoms with van der Waals surface area (Å²) in [7, 11) is 0. The third-order valence-corrected chi connectivity index (χ3v) is 4.48. The lowest BCUT2D eigenvalue weighted by Gasteiger charge is -2.55. The first-order valence-corrected chi connectivity index (χ1v) is 6.87. The summed E-state index contributed by atoms with van der Waals surface area (Å²) in [5, 5.41) is 78.9. The van der Waals surface area contributed by atoms with Crippen molar-refractivity contribution < 1.29 is 50.3 Å². The SMILES string of the molecule is OC[C@H]1OC[C@](O)([C@@]2(O)C[C@H](O)[C@@H](CO)O[C@@H]2O)[C@@H](O)[C@@H]1O. The Bertz CT molecular complexity index is 390. The predicted octanol–water partition coefficient (Wildman–Crippen LogP) is -4.98. The fraction of sp³-hybridized carbons (Fsp3) is 1.00. The lowest BCUT2D eigenvalue weighted by molar-refractivity contribution is -0.374. The molecule has 2 fully saturated rings. The molecule has 10 heteroatoms. The highest BCUT2D eigenvalue weighted by Gasteiger charge is 2.65. The first-order chi connectivity index (χ1) is 10.2. The molecular formula is C12H22O10. The van der Waals surface area contributed by atoms with Crippen LogP contribution in [0, 0.1) is 0 Å². The Labute approximate surface area is 125 Å². The normalized spacial score (nSPS) is 53.5. The molecule has 10 nitrogen and oxygen atoms in total. The van der Waals surface area contributed by atoms with Crippen LogP contribution in [0.15, 0.2) is 0 Å². The lowest BCUT2D eigenvalue weighted by atomic mass is 9.70. The van der Waals surface area contributed by atoms with Gasteiger partial charge in [-0.15, -0.1) is 0 Å². The number of aliphatic hydroxyl groups is 8. The Morgan fingerprint density at radius 1 is 0.909 bits per heavy atom. The molecule has 22 heavy (non-hydrogen) atoms. The summed E-state index contributed by atoms with van der Waals surface area (Å²) >= 11 is 0. The summed E-state index contributed by atoms with van der Waals surface area (Å²) in [6.07, 6.45) is -10.2. The molecule has 2 rings (SSSR count). The largest absolute Gasteiger partial charge is 0.394 e. The van der Waals surface area contributed by atoms with Gasteiger partial charge < -0.3 is 50.3 Å². The zero-order valence-corrected chi connectivity index (χ0v) is 11.7. The molecule has 0 spiro atoms. The minimum Gasteiger partial charge on any atom is -0.394 e. The van der Waals surface area contributed by atoms with Crippen molar-refractivity contribution in [1.82, 2.24) is 0 Å². The van der Waals surface area contributed by atoms with Crippen molar-refractivity contribution in [2.24, 2.45) is 0 Å². The van der Waals surface area contributed by atoms with Crippen LogP contribution >= 0.6 is 0 Å². The van der Waals surface area contributed by atoms with Gasteiger partial charge in [-0.1, -0.05) is 0 Å². The molecule has 0 unspecified atom stereocenters. The van der Waals surface area contributed by atoms with Crippen LogP contribution in [0.2, 0.25) is 0 Å². The van der Waals surface area contributed by atoms with Crippen LogP contribution in [0.25, 0.3) is 0 Å². The number of hydrogen-bond acceptors (Lipinski definition) is 10. The van der Waals surface area contributed by atoms with E-state index in [0.29, 0.717) is 0 Å². The quantitative estimate of drug-likeness (QED) is 0.250. The Balaban J connectivity index is 2.28. The summed E-state index contributed by atoms with van der Waals surface area (Å²) in [5.74, 6) is 0. The van der Waals surface area contributed by atoms with E-state index in [9.17, 15) is 30.6 Å². The maximum atomic E-state index is 10.6. The van der Waals surface area contributed by atoms with Gasteiger partial charge in [-0.2, -0.15) is 0 Å². The number of hydrogen-bond donors (Lipinski definition) is 8. The van der Waals surface area contributed by atoms with Crippen LogP contribution in [0.3, 0.4) is 0 Å². The van der Waals surface area contributed by atoms with Gasteiger partial charge in [0, 0.05) is 6.42 Å². The van der Waals surface area contributed by atoms with Crippen LogP contribution in [0.4, 0.5) is 0 Å². The van der Waals surface area contributed by atoms with E-state index in [0.717, 1.165) is 0 Å². The summed E-state index contributed by atoms with van der Waals surface area (Å²) in [6.45, 7) is -1.97. The van der Waals surface area contributed by atoms with Gasteiger partial charge in [0.1, 0.15) is 30.0 Å². The molecule has 0 amide bonds. The van der Waals surface area contributed by atoms with E-state index in [1.54, 1.807) is 0 Å². The highest BCUT2D eigenvalue weighted by atomic mass is 16.6. The van der Waals surface area contributed by atoms with Crippen LogP contribution in [0.1, 0.15) is 6.42 Å². The van der Waals surface area contributed by atoms with Crippen LogP contribution in [0.5, 0.6) is 0 Å². The fourth-order valence-electron chi connectivity index (χ4n) is 2.92. The van der Waals surface area contributed by atoms with Gasteiger partial charge in [-0.05, 0) is 0 Å². The predicted molar refractivity (Wildman–Crippen MR) is 67.3 cm³/mol. The van der Waals surface area contributed by atoms with Gasteiger partial charge in [0.15, 0.2) is 11.9 Å². The fourth-order valence-corrected chi connectivity index (χ4v) is 2.92. The molecule has 2 saturated heterocycles. The van der Waals surface area contributed by atoms with Crippen molar-refractivity contribution in [1.29, 1.82) is 0 Å². The van der Waals surface area contributed by atoms with E-state index in [1.165, 1.54) is 0 Å². The minimum absolute atomic E-state index is 0.624. The van der Waals surface area contributed by atoms with Crippen LogP contribution in [-0.4, -0.2) is 109 Å². The second-order valence-corrected chi connectivity index (χ2v) is 5.80. The lowest BCUT2D eigenvalue weighted by Crippen LogP contribution is -2.77. The highest BCUT2D eigenvalue weighted by Crippen LogP contribution is 2.42. The van der Waals surface area contributed by atoms with E-state index >= 15 is 0 Å². The number of rotatable bonds is 3. The van der Waals surface area contributed by atoms with Crippen molar-refractivity contribution in [3.63, 3.8) is 0 Å². The molecular weight excluding hydrogens is 304 g/mol. The topological polar surface area (TPSA) is 180 Å². The van der Waals surface area contributed by atoms with Gasteiger partial charge in [0.2, 0.25) is 0 Å². The monoisotopic (exact) mass is 326 g/mol. The molecule has 2 aliphatic rings. The molecule has 0 saturated carbocycles. The van der Waals surface area contributed by atoms with Crippen molar-refractivity contribution in [3.05, 3.63) is 0 Å². The molecule has 8 N–H and O–H groups in total. The zero-order valence-electron chi connectivity index (χ0n) is 11.7. The standard InChI is InChI=1S/C12H22O10/c13-2-6-5(15)1-11(19,10(18)22-6)12(20)4-21-7(3-14)8(16)9(12)17/h5-10,13-20H,1-4H2/t5-,6+,7+,8+,9-,10-,11+,12+/m0/s1. The van der Waals surface area contributed by atoms with Gasteiger partial charge in [-0.3, -0.25) is 0 Å². The maximum Gasteiger partial charge on any atom is 0.187 e. The molecule has 2 aliphatic heterocycles. The van der Waals surface area contributed by atoms with Crippen molar-refractivity contribution in [3.8, 4) is 0 Å². The molecule has 0 bridgehead atoms. The second kappa shape index (κ2) is 6.24. The molecule has 130 valence electrons. The zero-order chi connectivity index (χ0) is 16.7. The average molecular weight is 326 g/mol. The van der Waals surface area contributed by atoms with E-state index in [2.05, 4.69) is 0 Å². The van der Waals surface area contributed by atoms with Gasteiger partial charge in [-0.25, -0.2) is 0 Å².